The molecule has 1 aliphatic heterocycles. The summed E-state index contributed by atoms with van der Waals surface area (Å²) in [5.41, 5.74) is 0. The number of hydrogen-bond donors (Lipinski definition) is 0. The van der Waals surface area contributed by atoms with E-state index in [4.69, 9.17) is 0 Å². The highest BCUT2D eigenvalue weighted by molar-refractivity contribution is 6.04. The Morgan fingerprint density at radius 2 is 1.83 bits per heavy atom. The fourth-order valence-electron chi connectivity index (χ4n) is 2.44. The Hall–Kier alpha value is -1.19. The molecule has 0 aromatic rings. The van der Waals surface area contributed by atoms with Crippen LogP contribution in [0.1, 0.15) is 47.5 Å². The Bertz CT molecular complexity index is 362. The number of ketones is 1. The highest BCUT2D eigenvalue weighted by Crippen LogP contribution is 2.29. The van der Waals surface area contributed by atoms with Crippen molar-refractivity contribution in [3.63, 3.8) is 0 Å². The molecule has 0 radical (unpaired) electrons. The van der Waals surface area contributed by atoms with Gasteiger partial charge in [0.05, 0.1) is 0 Å². The maximum Gasteiger partial charge on any atom is 0.233 e. The summed E-state index contributed by atoms with van der Waals surface area (Å²) in [5, 5.41) is 0. The van der Waals surface area contributed by atoms with Gasteiger partial charge in [0, 0.05) is 24.3 Å². The monoisotopic (exact) mass is 253 g/mol. The fraction of sp³-hybridized carbons (Fsp3) is 0.786. The Kier molecular flexibility index (Phi) is 4.65. The van der Waals surface area contributed by atoms with E-state index in [9.17, 15) is 14.4 Å². The van der Waals surface area contributed by atoms with Gasteiger partial charge in [0.1, 0.15) is 5.78 Å². The van der Waals surface area contributed by atoms with Crippen LogP contribution in [0, 0.1) is 17.8 Å². The number of likely N-dealkylation sites (tertiary alicyclic amines) is 1. The molecule has 0 aliphatic carbocycles. The maximum absolute atomic E-state index is 12.2. The van der Waals surface area contributed by atoms with E-state index >= 15 is 0 Å². The van der Waals surface area contributed by atoms with Crippen LogP contribution in [-0.4, -0.2) is 28.5 Å². The van der Waals surface area contributed by atoms with Crippen LogP contribution in [0.2, 0.25) is 0 Å². The van der Waals surface area contributed by atoms with Crippen LogP contribution < -0.4 is 0 Å². The first kappa shape index (κ1) is 14.9. The SMILES string of the molecule is CC(=O)C(C)CC(C)N1C(=O)CC(C(C)C)C1=O. The molecule has 1 heterocycles. The molecule has 4 heteroatoms. The highest BCUT2D eigenvalue weighted by Gasteiger charge is 2.42. The van der Waals surface area contributed by atoms with Gasteiger partial charge >= 0.3 is 0 Å². The second-order valence-corrected chi connectivity index (χ2v) is 5.75. The first-order chi connectivity index (χ1) is 8.25. The molecule has 102 valence electrons. The van der Waals surface area contributed by atoms with E-state index in [1.165, 1.54) is 4.90 Å². The Balaban J connectivity index is 2.74. The molecule has 0 aromatic carbocycles. The molecule has 0 bridgehead atoms. The molecule has 4 nitrogen and oxygen atoms in total. The van der Waals surface area contributed by atoms with Gasteiger partial charge in [0.15, 0.2) is 0 Å². The van der Waals surface area contributed by atoms with Crippen molar-refractivity contribution < 1.29 is 14.4 Å². The van der Waals surface area contributed by atoms with E-state index in [2.05, 4.69) is 0 Å². The molecule has 1 fully saturated rings. The van der Waals surface area contributed by atoms with Crippen molar-refractivity contribution in [1.82, 2.24) is 4.90 Å². The third-order valence-corrected chi connectivity index (χ3v) is 3.85. The normalized spacial score (nSPS) is 23.7. The minimum atomic E-state index is -0.187. The molecule has 3 unspecified atom stereocenters. The summed E-state index contributed by atoms with van der Waals surface area (Å²) in [5.74, 6) is -0.184. The summed E-state index contributed by atoms with van der Waals surface area (Å²) >= 11 is 0. The minimum Gasteiger partial charge on any atom is -0.300 e. The van der Waals surface area contributed by atoms with Gasteiger partial charge in [-0.3, -0.25) is 19.3 Å². The van der Waals surface area contributed by atoms with Crippen LogP contribution in [0.15, 0.2) is 0 Å². The summed E-state index contributed by atoms with van der Waals surface area (Å²) in [6.45, 7) is 9.15. The van der Waals surface area contributed by atoms with Gasteiger partial charge in [-0.1, -0.05) is 20.8 Å². The topological polar surface area (TPSA) is 54.5 Å². The molecule has 0 saturated carbocycles. The standard InChI is InChI=1S/C14H23NO3/c1-8(2)12-7-13(17)15(14(12)18)10(4)6-9(3)11(5)16/h8-10,12H,6-7H2,1-5H3. The van der Waals surface area contributed by atoms with E-state index < -0.39 is 0 Å². The van der Waals surface area contributed by atoms with Crippen molar-refractivity contribution in [2.45, 2.75) is 53.5 Å². The number of imide groups is 1. The van der Waals surface area contributed by atoms with Gasteiger partial charge in [-0.25, -0.2) is 0 Å². The van der Waals surface area contributed by atoms with Crippen LogP contribution in [0.25, 0.3) is 0 Å². The number of carbonyl (C=O) groups is 3. The van der Waals surface area contributed by atoms with Gasteiger partial charge in [-0.05, 0) is 26.2 Å². The van der Waals surface area contributed by atoms with E-state index in [-0.39, 0.29) is 41.4 Å². The Morgan fingerprint density at radius 1 is 1.28 bits per heavy atom. The first-order valence-corrected chi connectivity index (χ1v) is 6.62. The van der Waals surface area contributed by atoms with Crippen molar-refractivity contribution in [3.05, 3.63) is 0 Å². The van der Waals surface area contributed by atoms with Gasteiger partial charge < -0.3 is 0 Å². The molecule has 1 saturated heterocycles. The Labute approximate surface area is 109 Å². The molecular weight excluding hydrogens is 230 g/mol. The predicted molar refractivity (Wildman–Crippen MR) is 68.7 cm³/mol. The van der Waals surface area contributed by atoms with Gasteiger partial charge in [-0.15, -0.1) is 0 Å². The lowest BCUT2D eigenvalue weighted by molar-refractivity contribution is -0.143. The highest BCUT2D eigenvalue weighted by atomic mass is 16.2. The third kappa shape index (κ3) is 2.98. The van der Waals surface area contributed by atoms with E-state index in [0.717, 1.165) is 0 Å². The predicted octanol–water partition coefficient (Wildman–Crippen LogP) is 2.02. The average Bonchev–Trinajstić information content (AvgIpc) is 2.53. The fourth-order valence-corrected chi connectivity index (χ4v) is 2.44. The lowest BCUT2D eigenvalue weighted by atomic mass is 9.94. The number of hydrogen-bond acceptors (Lipinski definition) is 3. The zero-order valence-electron chi connectivity index (χ0n) is 11.9. The van der Waals surface area contributed by atoms with Crippen molar-refractivity contribution in [1.29, 1.82) is 0 Å². The molecule has 2 amide bonds. The van der Waals surface area contributed by atoms with Crippen molar-refractivity contribution in [3.8, 4) is 0 Å². The number of rotatable bonds is 5. The number of carbonyl (C=O) groups excluding carboxylic acids is 3. The number of nitrogens with zero attached hydrogens (tertiary/aromatic N) is 1. The van der Waals surface area contributed by atoms with Gasteiger partial charge in [0.2, 0.25) is 11.8 Å². The average molecular weight is 253 g/mol. The number of amides is 2. The second kappa shape index (κ2) is 5.63. The molecule has 3 atom stereocenters. The summed E-state index contributed by atoms with van der Waals surface area (Å²) in [4.78, 5) is 36.7. The zero-order chi connectivity index (χ0) is 14.0. The third-order valence-electron chi connectivity index (χ3n) is 3.85. The van der Waals surface area contributed by atoms with Crippen LogP contribution in [0.3, 0.4) is 0 Å². The summed E-state index contributed by atoms with van der Waals surface area (Å²) in [6, 6.07) is -0.187. The first-order valence-electron chi connectivity index (χ1n) is 6.62. The van der Waals surface area contributed by atoms with Crippen LogP contribution in [-0.2, 0) is 14.4 Å². The van der Waals surface area contributed by atoms with Gasteiger partial charge in [0.25, 0.3) is 0 Å². The van der Waals surface area contributed by atoms with Crippen molar-refractivity contribution >= 4 is 17.6 Å². The summed E-state index contributed by atoms with van der Waals surface area (Å²) in [6.07, 6.45) is 0.868. The second-order valence-electron chi connectivity index (χ2n) is 5.75. The van der Waals surface area contributed by atoms with E-state index in [1.807, 2.05) is 27.7 Å². The number of Topliss-reactive ketones (excluding diaryl/α,β-unsaturated/α-hetero) is 1. The van der Waals surface area contributed by atoms with Gasteiger partial charge in [-0.2, -0.15) is 0 Å². The molecular formula is C14H23NO3. The lowest BCUT2D eigenvalue weighted by Gasteiger charge is -2.25. The minimum absolute atomic E-state index is 0.0711. The van der Waals surface area contributed by atoms with Crippen LogP contribution >= 0.6 is 0 Å². The van der Waals surface area contributed by atoms with E-state index in [1.54, 1.807) is 6.92 Å². The van der Waals surface area contributed by atoms with E-state index in [0.29, 0.717) is 12.8 Å². The molecule has 1 rings (SSSR count). The lowest BCUT2D eigenvalue weighted by Crippen LogP contribution is -2.40. The summed E-state index contributed by atoms with van der Waals surface area (Å²) in [7, 11) is 0. The molecule has 0 spiro atoms. The molecule has 0 aromatic heterocycles. The smallest absolute Gasteiger partial charge is 0.233 e. The quantitative estimate of drug-likeness (QED) is 0.704. The largest absolute Gasteiger partial charge is 0.300 e. The van der Waals surface area contributed by atoms with Crippen molar-refractivity contribution in [2.75, 3.05) is 0 Å². The molecule has 0 N–H and O–H groups in total. The molecule has 1 aliphatic rings. The Morgan fingerprint density at radius 3 is 2.22 bits per heavy atom. The van der Waals surface area contributed by atoms with Crippen LogP contribution in [0.4, 0.5) is 0 Å². The van der Waals surface area contributed by atoms with Crippen molar-refractivity contribution in [2.24, 2.45) is 17.8 Å². The summed E-state index contributed by atoms with van der Waals surface area (Å²) < 4.78 is 0. The molecule has 18 heavy (non-hydrogen) atoms. The maximum atomic E-state index is 12.2. The van der Waals surface area contributed by atoms with Crippen LogP contribution in [0.5, 0.6) is 0 Å². The zero-order valence-corrected chi connectivity index (χ0v) is 11.9.